The monoisotopic (exact) mass is 340 g/mol. The molecule has 1 unspecified atom stereocenters. The molecule has 1 amide bonds. The van der Waals surface area contributed by atoms with Crippen LogP contribution in [-0.2, 0) is 4.79 Å². The lowest BCUT2D eigenvalue weighted by atomic mass is 10.1. The number of ether oxygens (including phenoxy) is 1. The molecule has 5 heteroatoms. The van der Waals surface area contributed by atoms with Gasteiger partial charge >= 0.3 is 0 Å². The minimum atomic E-state index is -0.563. The molecule has 0 bridgehead atoms. The second-order valence-corrected chi connectivity index (χ2v) is 6.80. The summed E-state index contributed by atoms with van der Waals surface area (Å²) in [6.45, 7) is 0. The zero-order chi connectivity index (χ0) is 16.9. The summed E-state index contributed by atoms with van der Waals surface area (Å²) < 4.78 is 5.89. The Labute approximate surface area is 146 Å². The van der Waals surface area contributed by atoms with Gasteiger partial charge in [-0.1, -0.05) is 18.8 Å². The van der Waals surface area contributed by atoms with E-state index in [2.05, 4.69) is 16.2 Å². The van der Waals surface area contributed by atoms with Gasteiger partial charge in [-0.15, -0.1) is 18.2 Å². The molecule has 1 saturated carbocycles. The maximum absolute atomic E-state index is 12.4. The van der Waals surface area contributed by atoms with Crippen LogP contribution in [0.1, 0.15) is 31.2 Å². The SMILES string of the molecule is C#Cc1cnc2ccc(OC(SC)C(=O)NC3CCCC3)cc2c1. The number of hydrogen-bond donors (Lipinski definition) is 1. The van der Waals surface area contributed by atoms with E-state index in [0.717, 1.165) is 29.3 Å². The molecular formula is C19H20N2O2S. The Morgan fingerprint density at radius 2 is 2.21 bits per heavy atom. The lowest BCUT2D eigenvalue weighted by Gasteiger charge is -2.19. The molecule has 2 aromatic rings. The number of nitrogens with zero attached hydrogens (tertiary/aromatic N) is 1. The van der Waals surface area contributed by atoms with E-state index in [1.165, 1.54) is 24.6 Å². The summed E-state index contributed by atoms with van der Waals surface area (Å²) in [7, 11) is 0. The molecule has 0 spiro atoms. The molecule has 24 heavy (non-hydrogen) atoms. The summed E-state index contributed by atoms with van der Waals surface area (Å²) in [6, 6.07) is 7.75. The van der Waals surface area contributed by atoms with Crippen LogP contribution < -0.4 is 10.1 Å². The number of nitrogens with one attached hydrogen (secondary N) is 1. The number of pyridine rings is 1. The van der Waals surface area contributed by atoms with Crippen molar-refractivity contribution in [2.24, 2.45) is 0 Å². The number of fused-ring (bicyclic) bond motifs is 1. The van der Waals surface area contributed by atoms with Crippen LogP contribution in [0.5, 0.6) is 5.75 Å². The van der Waals surface area contributed by atoms with Gasteiger partial charge in [-0.05, 0) is 43.4 Å². The van der Waals surface area contributed by atoms with E-state index in [9.17, 15) is 4.79 Å². The molecule has 3 rings (SSSR count). The van der Waals surface area contributed by atoms with Crippen molar-refractivity contribution in [3.8, 4) is 18.1 Å². The van der Waals surface area contributed by atoms with Crippen molar-refractivity contribution >= 4 is 28.6 Å². The minimum Gasteiger partial charge on any atom is -0.470 e. The predicted octanol–water partition coefficient (Wildman–Crippen LogP) is 3.34. The molecule has 0 radical (unpaired) electrons. The fourth-order valence-electron chi connectivity index (χ4n) is 2.93. The normalized spacial score (nSPS) is 15.8. The van der Waals surface area contributed by atoms with Gasteiger partial charge in [0, 0.05) is 23.2 Å². The number of benzene rings is 1. The summed E-state index contributed by atoms with van der Waals surface area (Å²) in [5.74, 6) is 3.15. The number of carbonyl (C=O) groups excluding carboxylic acids is 1. The number of hydrogen-bond acceptors (Lipinski definition) is 4. The van der Waals surface area contributed by atoms with Crippen molar-refractivity contribution in [3.63, 3.8) is 0 Å². The van der Waals surface area contributed by atoms with Crippen LogP contribution in [0.4, 0.5) is 0 Å². The average molecular weight is 340 g/mol. The van der Waals surface area contributed by atoms with Crippen molar-refractivity contribution in [2.45, 2.75) is 37.2 Å². The first-order valence-electron chi connectivity index (χ1n) is 8.06. The number of terminal acetylenes is 1. The molecule has 1 aliphatic carbocycles. The van der Waals surface area contributed by atoms with E-state index < -0.39 is 5.44 Å². The van der Waals surface area contributed by atoms with Gasteiger partial charge < -0.3 is 10.1 Å². The van der Waals surface area contributed by atoms with E-state index in [1.807, 2.05) is 30.5 Å². The van der Waals surface area contributed by atoms with E-state index >= 15 is 0 Å². The Morgan fingerprint density at radius 1 is 1.42 bits per heavy atom. The molecule has 1 heterocycles. The largest absolute Gasteiger partial charge is 0.470 e. The van der Waals surface area contributed by atoms with Gasteiger partial charge in [0.2, 0.25) is 5.44 Å². The first kappa shape index (κ1) is 16.7. The second kappa shape index (κ2) is 7.59. The maximum atomic E-state index is 12.4. The number of rotatable bonds is 5. The Bertz CT molecular complexity index is 779. The highest BCUT2D eigenvalue weighted by molar-refractivity contribution is 7.99. The van der Waals surface area contributed by atoms with Crippen molar-refractivity contribution in [3.05, 3.63) is 36.0 Å². The van der Waals surface area contributed by atoms with Crippen molar-refractivity contribution in [2.75, 3.05) is 6.26 Å². The summed E-state index contributed by atoms with van der Waals surface area (Å²) >= 11 is 1.39. The molecule has 0 aliphatic heterocycles. The third-order valence-electron chi connectivity index (χ3n) is 4.19. The highest BCUT2D eigenvalue weighted by Gasteiger charge is 2.24. The topological polar surface area (TPSA) is 51.2 Å². The van der Waals surface area contributed by atoms with Gasteiger partial charge in [-0.3, -0.25) is 9.78 Å². The van der Waals surface area contributed by atoms with Gasteiger partial charge in [0.05, 0.1) is 5.52 Å². The van der Waals surface area contributed by atoms with Crippen LogP contribution in [0.15, 0.2) is 30.5 Å². The van der Waals surface area contributed by atoms with E-state index in [1.54, 1.807) is 6.20 Å². The Morgan fingerprint density at radius 3 is 2.92 bits per heavy atom. The smallest absolute Gasteiger partial charge is 0.271 e. The van der Waals surface area contributed by atoms with Crippen LogP contribution in [0.25, 0.3) is 10.9 Å². The molecule has 0 saturated heterocycles. The summed E-state index contributed by atoms with van der Waals surface area (Å²) in [4.78, 5) is 16.7. The van der Waals surface area contributed by atoms with Crippen molar-refractivity contribution in [1.29, 1.82) is 0 Å². The van der Waals surface area contributed by atoms with Gasteiger partial charge in [-0.2, -0.15) is 0 Å². The number of amides is 1. The standard InChI is InChI=1S/C19H20N2O2S/c1-3-13-10-14-11-16(8-9-17(14)20-12-13)23-19(24-2)18(22)21-15-6-4-5-7-15/h1,8-12,15,19H,4-7H2,2H3,(H,21,22). The minimum absolute atomic E-state index is 0.0648. The quantitative estimate of drug-likeness (QED) is 0.670. The van der Waals surface area contributed by atoms with Crippen LogP contribution >= 0.6 is 11.8 Å². The number of aromatic nitrogens is 1. The Balaban J connectivity index is 1.73. The van der Waals surface area contributed by atoms with E-state index in [0.29, 0.717) is 5.75 Å². The zero-order valence-corrected chi connectivity index (χ0v) is 14.4. The van der Waals surface area contributed by atoms with Gasteiger partial charge in [0.1, 0.15) is 5.75 Å². The van der Waals surface area contributed by atoms with Crippen LogP contribution in [0.3, 0.4) is 0 Å². The summed E-state index contributed by atoms with van der Waals surface area (Å²) in [6.07, 6.45) is 13.5. The lowest BCUT2D eigenvalue weighted by molar-refractivity contribution is -0.125. The Hall–Kier alpha value is -2.19. The molecule has 1 atom stereocenters. The molecule has 1 aliphatic rings. The first-order valence-corrected chi connectivity index (χ1v) is 9.34. The first-order chi connectivity index (χ1) is 11.7. The summed E-state index contributed by atoms with van der Waals surface area (Å²) in [5, 5.41) is 3.98. The molecule has 1 fully saturated rings. The number of carbonyl (C=O) groups is 1. The van der Waals surface area contributed by atoms with Crippen molar-refractivity contribution in [1.82, 2.24) is 10.3 Å². The van der Waals surface area contributed by atoms with Crippen LogP contribution in [0, 0.1) is 12.3 Å². The second-order valence-electron chi connectivity index (χ2n) is 5.90. The predicted molar refractivity (Wildman–Crippen MR) is 98.0 cm³/mol. The third-order valence-corrected chi connectivity index (χ3v) is 4.93. The van der Waals surface area contributed by atoms with E-state index in [4.69, 9.17) is 11.2 Å². The molecule has 1 aromatic heterocycles. The number of thioether (sulfide) groups is 1. The fraction of sp³-hybridized carbons (Fsp3) is 0.368. The third kappa shape index (κ3) is 3.82. The van der Waals surface area contributed by atoms with Gasteiger partial charge in [0.15, 0.2) is 0 Å². The van der Waals surface area contributed by atoms with Gasteiger partial charge in [-0.25, -0.2) is 0 Å². The van der Waals surface area contributed by atoms with Crippen LogP contribution in [0.2, 0.25) is 0 Å². The molecule has 1 aromatic carbocycles. The van der Waals surface area contributed by atoms with Gasteiger partial charge in [0.25, 0.3) is 5.91 Å². The highest BCUT2D eigenvalue weighted by Crippen LogP contribution is 2.24. The van der Waals surface area contributed by atoms with Crippen LogP contribution in [-0.4, -0.2) is 28.6 Å². The molecular weight excluding hydrogens is 320 g/mol. The fourth-order valence-corrected chi connectivity index (χ4v) is 3.42. The Kier molecular flexibility index (Phi) is 5.27. The lowest BCUT2D eigenvalue weighted by Crippen LogP contribution is -2.41. The zero-order valence-electron chi connectivity index (χ0n) is 13.6. The average Bonchev–Trinajstić information content (AvgIpc) is 3.11. The molecule has 1 N–H and O–H groups in total. The van der Waals surface area contributed by atoms with Crippen molar-refractivity contribution < 1.29 is 9.53 Å². The highest BCUT2D eigenvalue weighted by atomic mass is 32.2. The molecule has 124 valence electrons. The summed E-state index contributed by atoms with van der Waals surface area (Å²) in [5.41, 5.74) is 1.00. The van der Waals surface area contributed by atoms with E-state index in [-0.39, 0.29) is 11.9 Å². The molecule has 4 nitrogen and oxygen atoms in total. The maximum Gasteiger partial charge on any atom is 0.271 e.